The van der Waals surface area contributed by atoms with E-state index in [-0.39, 0.29) is 5.78 Å². The Kier molecular flexibility index (Phi) is 4.15. The molecule has 3 heteroatoms. The van der Waals surface area contributed by atoms with Gasteiger partial charge in [0.2, 0.25) is 0 Å². The van der Waals surface area contributed by atoms with Gasteiger partial charge in [-0.3, -0.25) is 4.79 Å². The average Bonchev–Trinajstić information content (AvgIpc) is 2.17. The number of rotatable bonds is 4. The van der Waals surface area contributed by atoms with Crippen molar-refractivity contribution in [2.24, 2.45) is 5.92 Å². The molecule has 0 saturated heterocycles. The summed E-state index contributed by atoms with van der Waals surface area (Å²) in [5.74, 6) is 1.06. The Labute approximate surface area is 95.2 Å². The second-order valence-electron chi connectivity index (χ2n) is 3.87. The topological polar surface area (TPSA) is 26.3 Å². The summed E-state index contributed by atoms with van der Waals surface area (Å²) < 4.78 is 5.05. The van der Waals surface area contributed by atoms with Gasteiger partial charge in [-0.25, -0.2) is 0 Å². The third-order valence-corrected chi connectivity index (χ3v) is 2.40. The third kappa shape index (κ3) is 3.24. The van der Waals surface area contributed by atoms with Crippen LogP contribution in [-0.2, 0) is 0 Å². The summed E-state index contributed by atoms with van der Waals surface area (Å²) in [5, 5.41) is 0.487. The van der Waals surface area contributed by atoms with Crippen LogP contribution in [0.15, 0.2) is 18.2 Å². The van der Waals surface area contributed by atoms with Crippen LogP contribution in [0.25, 0.3) is 0 Å². The van der Waals surface area contributed by atoms with E-state index >= 15 is 0 Å². The molecule has 0 unspecified atom stereocenters. The highest BCUT2D eigenvalue weighted by Gasteiger charge is 2.12. The summed E-state index contributed by atoms with van der Waals surface area (Å²) in [6.07, 6.45) is 0.507. The monoisotopic (exact) mass is 226 g/mol. The molecule has 0 N–H and O–H groups in total. The van der Waals surface area contributed by atoms with Gasteiger partial charge < -0.3 is 4.74 Å². The van der Waals surface area contributed by atoms with Crippen LogP contribution in [0.2, 0.25) is 5.02 Å². The van der Waals surface area contributed by atoms with Gasteiger partial charge in [-0.15, -0.1) is 0 Å². The van der Waals surface area contributed by atoms with Crippen molar-refractivity contribution in [1.82, 2.24) is 0 Å². The van der Waals surface area contributed by atoms with Crippen molar-refractivity contribution >= 4 is 17.4 Å². The summed E-state index contributed by atoms with van der Waals surface area (Å²) in [5.41, 5.74) is 0.546. The number of hydrogen-bond acceptors (Lipinski definition) is 2. The molecule has 0 spiro atoms. The van der Waals surface area contributed by atoms with Crippen molar-refractivity contribution in [3.05, 3.63) is 28.8 Å². The van der Waals surface area contributed by atoms with E-state index in [4.69, 9.17) is 16.3 Å². The summed E-state index contributed by atoms with van der Waals surface area (Å²) in [4.78, 5) is 11.8. The number of benzene rings is 1. The lowest BCUT2D eigenvalue weighted by atomic mass is 10.0. The molecule has 0 atom stereocenters. The van der Waals surface area contributed by atoms with E-state index in [2.05, 4.69) is 0 Å². The molecule has 0 bridgehead atoms. The number of Topliss-reactive ketones (excluding diaryl/α,β-unsaturated/α-hetero) is 1. The second-order valence-corrected chi connectivity index (χ2v) is 4.27. The maximum atomic E-state index is 11.8. The van der Waals surface area contributed by atoms with E-state index in [9.17, 15) is 4.79 Å². The first kappa shape index (κ1) is 12.1. The molecule has 0 fully saturated rings. The third-order valence-electron chi connectivity index (χ3n) is 2.07. The van der Waals surface area contributed by atoms with E-state index in [1.807, 2.05) is 13.8 Å². The lowest BCUT2D eigenvalue weighted by molar-refractivity contribution is 0.0967. The van der Waals surface area contributed by atoms with E-state index in [0.717, 1.165) is 0 Å². The first-order valence-electron chi connectivity index (χ1n) is 4.91. The zero-order valence-corrected chi connectivity index (χ0v) is 9.97. The highest BCUT2D eigenvalue weighted by atomic mass is 35.5. The highest BCUT2D eigenvalue weighted by Crippen LogP contribution is 2.24. The maximum absolute atomic E-state index is 11.8. The molecular weight excluding hydrogens is 212 g/mol. The second kappa shape index (κ2) is 5.17. The van der Waals surface area contributed by atoms with Gasteiger partial charge in [0.1, 0.15) is 5.75 Å². The number of carbonyl (C=O) groups excluding carboxylic acids is 1. The van der Waals surface area contributed by atoms with Crippen molar-refractivity contribution in [3.8, 4) is 5.75 Å². The molecule has 0 aromatic heterocycles. The lowest BCUT2D eigenvalue weighted by Gasteiger charge is -2.07. The van der Waals surface area contributed by atoms with Crippen LogP contribution in [0, 0.1) is 5.92 Å². The smallest absolute Gasteiger partial charge is 0.164 e. The summed E-state index contributed by atoms with van der Waals surface area (Å²) >= 11 is 5.96. The van der Waals surface area contributed by atoms with Crippen molar-refractivity contribution in [2.75, 3.05) is 7.11 Å². The van der Waals surface area contributed by atoms with Crippen molar-refractivity contribution in [1.29, 1.82) is 0 Å². The molecule has 0 heterocycles. The minimum Gasteiger partial charge on any atom is -0.497 e. The SMILES string of the molecule is COc1ccc(Cl)c(C(=O)CC(C)C)c1. The first-order valence-corrected chi connectivity index (χ1v) is 5.29. The fourth-order valence-corrected chi connectivity index (χ4v) is 1.55. The highest BCUT2D eigenvalue weighted by molar-refractivity contribution is 6.34. The normalized spacial score (nSPS) is 10.5. The van der Waals surface area contributed by atoms with Crippen LogP contribution >= 0.6 is 11.6 Å². The molecule has 0 aliphatic rings. The summed E-state index contributed by atoms with van der Waals surface area (Å²) in [7, 11) is 1.57. The molecule has 0 aliphatic heterocycles. The molecule has 0 amide bonds. The zero-order valence-electron chi connectivity index (χ0n) is 9.21. The molecule has 0 radical (unpaired) electrons. The number of ketones is 1. The van der Waals surface area contributed by atoms with Crippen LogP contribution in [0.4, 0.5) is 0 Å². The average molecular weight is 227 g/mol. The molecule has 82 valence electrons. The predicted molar refractivity (Wildman–Crippen MR) is 61.8 cm³/mol. The molecule has 1 aromatic rings. The quantitative estimate of drug-likeness (QED) is 0.734. The van der Waals surface area contributed by atoms with Crippen LogP contribution in [-0.4, -0.2) is 12.9 Å². The summed E-state index contributed by atoms with van der Waals surface area (Å²) in [6.45, 7) is 4.01. The van der Waals surface area contributed by atoms with Gasteiger partial charge in [0.15, 0.2) is 5.78 Å². The standard InChI is InChI=1S/C12H15ClO2/c1-8(2)6-12(14)10-7-9(15-3)4-5-11(10)13/h4-5,7-8H,6H2,1-3H3. The van der Waals surface area contributed by atoms with Crippen molar-refractivity contribution < 1.29 is 9.53 Å². The molecular formula is C12H15ClO2. The van der Waals surface area contributed by atoms with Gasteiger partial charge in [0, 0.05) is 12.0 Å². The first-order chi connectivity index (χ1) is 7.04. The molecule has 2 nitrogen and oxygen atoms in total. The Bertz CT molecular complexity index is 359. The van der Waals surface area contributed by atoms with Gasteiger partial charge in [-0.1, -0.05) is 25.4 Å². The molecule has 1 rings (SSSR count). The van der Waals surface area contributed by atoms with E-state index in [0.29, 0.717) is 28.7 Å². The molecule has 0 aliphatic carbocycles. The Morgan fingerprint density at radius 3 is 2.67 bits per heavy atom. The van der Waals surface area contributed by atoms with Gasteiger partial charge in [-0.05, 0) is 24.1 Å². The Hall–Kier alpha value is -1.02. The number of halogens is 1. The minimum absolute atomic E-state index is 0.0638. The van der Waals surface area contributed by atoms with Gasteiger partial charge in [-0.2, -0.15) is 0 Å². The number of ether oxygens (including phenoxy) is 1. The predicted octanol–water partition coefficient (Wildman–Crippen LogP) is 3.58. The van der Waals surface area contributed by atoms with Gasteiger partial charge >= 0.3 is 0 Å². The lowest BCUT2D eigenvalue weighted by Crippen LogP contribution is -2.04. The Morgan fingerprint density at radius 1 is 1.47 bits per heavy atom. The van der Waals surface area contributed by atoms with Gasteiger partial charge in [0.25, 0.3) is 0 Å². The maximum Gasteiger partial charge on any atom is 0.164 e. The van der Waals surface area contributed by atoms with E-state index in [1.165, 1.54) is 0 Å². The largest absolute Gasteiger partial charge is 0.497 e. The Balaban J connectivity index is 2.96. The van der Waals surface area contributed by atoms with Gasteiger partial charge in [0.05, 0.1) is 12.1 Å². The van der Waals surface area contributed by atoms with Crippen molar-refractivity contribution in [3.63, 3.8) is 0 Å². The van der Waals surface area contributed by atoms with Crippen LogP contribution < -0.4 is 4.74 Å². The number of methoxy groups -OCH3 is 1. The van der Waals surface area contributed by atoms with Crippen LogP contribution in [0.3, 0.4) is 0 Å². The fourth-order valence-electron chi connectivity index (χ4n) is 1.33. The fraction of sp³-hybridized carbons (Fsp3) is 0.417. The van der Waals surface area contributed by atoms with Crippen molar-refractivity contribution in [2.45, 2.75) is 20.3 Å². The molecule has 15 heavy (non-hydrogen) atoms. The van der Waals surface area contributed by atoms with Crippen LogP contribution in [0.1, 0.15) is 30.6 Å². The summed E-state index contributed by atoms with van der Waals surface area (Å²) in [6, 6.07) is 5.12. The number of hydrogen-bond donors (Lipinski definition) is 0. The zero-order chi connectivity index (χ0) is 11.4. The molecule has 1 aromatic carbocycles. The minimum atomic E-state index is 0.0638. The molecule has 0 saturated carbocycles. The van der Waals surface area contributed by atoms with E-state index in [1.54, 1.807) is 25.3 Å². The number of carbonyl (C=O) groups is 1. The Morgan fingerprint density at radius 2 is 2.13 bits per heavy atom. The van der Waals surface area contributed by atoms with E-state index < -0.39 is 0 Å². The van der Waals surface area contributed by atoms with Crippen LogP contribution in [0.5, 0.6) is 5.75 Å².